The number of nitrogens with two attached hydrogens (primary N) is 1. The Morgan fingerprint density at radius 1 is 1.42 bits per heavy atom. The third kappa shape index (κ3) is 3.62. The van der Waals surface area contributed by atoms with E-state index in [-0.39, 0.29) is 0 Å². The fourth-order valence-corrected chi connectivity index (χ4v) is 2.11. The molecule has 1 aromatic heterocycles. The molecule has 2 N–H and O–H groups in total. The van der Waals surface area contributed by atoms with Crippen LogP contribution < -0.4 is 5.73 Å². The van der Waals surface area contributed by atoms with Gasteiger partial charge in [0.05, 0.1) is 6.54 Å². The van der Waals surface area contributed by atoms with Crippen LogP contribution in [-0.4, -0.2) is 26.5 Å². The van der Waals surface area contributed by atoms with Gasteiger partial charge in [0.1, 0.15) is 10.8 Å². The number of imidazole rings is 1. The van der Waals surface area contributed by atoms with Gasteiger partial charge in [-0.25, -0.2) is 4.98 Å². The number of hydrogen-bond donors (Lipinski definition) is 1. The number of aromatic nitrogens is 2. The van der Waals surface area contributed by atoms with E-state index in [4.69, 9.17) is 18.0 Å². The second-order valence-electron chi connectivity index (χ2n) is 4.69. The zero-order valence-electron chi connectivity index (χ0n) is 11.2. The maximum atomic E-state index is 5.65. The van der Waals surface area contributed by atoms with E-state index in [1.54, 1.807) is 0 Å². The molecule has 2 aromatic rings. The summed E-state index contributed by atoms with van der Waals surface area (Å²) in [4.78, 5) is 6.97. The molecule has 1 heterocycles. The Hall–Kier alpha value is -1.72. The SMILES string of the molecule is CN(Cc1cccc(C(N)=S)c1)Cc1nccn1C. The van der Waals surface area contributed by atoms with Crippen molar-refractivity contribution in [2.45, 2.75) is 13.1 Å². The van der Waals surface area contributed by atoms with Crippen molar-refractivity contribution in [1.29, 1.82) is 0 Å². The first-order valence-corrected chi connectivity index (χ1v) is 6.50. The molecule has 0 bridgehead atoms. The lowest BCUT2D eigenvalue weighted by Crippen LogP contribution is -2.20. The first kappa shape index (κ1) is 13.7. The highest BCUT2D eigenvalue weighted by atomic mass is 32.1. The Kier molecular flexibility index (Phi) is 4.29. The maximum Gasteiger partial charge on any atom is 0.122 e. The normalized spacial score (nSPS) is 10.9. The van der Waals surface area contributed by atoms with Crippen LogP contribution in [0.25, 0.3) is 0 Å². The van der Waals surface area contributed by atoms with Crippen molar-refractivity contribution < 1.29 is 0 Å². The summed E-state index contributed by atoms with van der Waals surface area (Å²) in [7, 11) is 4.08. The van der Waals surface area contributed by atoms with Crippen molar-refractivity contribution in [3.05, 3.63) is 53.6 Å². The highest BCUT2D eigenvalue weighted by Gasteiger charge is 2.06. The molecule has 0 spiro atoms. The van der Waals surface area contributed by atoms with Gasteiger partial charge >= 0.3 is 0 Å². The molecule has 19 heavy (non-hydrogen) atoms. The standard InChI is InChI=1S/C14H18N4S/c1-17(10-13-16-6-7-18(13)2)9-11-4-3-5-12(8-11)14(15)19/h3-8H,9-10H2,1-2H3,(H2,15,19). The average Bonchev–Trinajstić information content (AvgIpc) is 2.75. The summed E-state index contributed by atoms with van der Waals surface area (Å²) in [6.07, 6.45) is 3.77. The number of nitrogens with zero attached hydrogens (tertiary/aromatic N) is 3. The van der Waals surface area contributed by atoms with Gasteiger partial charge < -0.3 is 10.3 Å². The number of benzene rings is 1. The average molecular weight is 274 g/mol. The molecule has 5 heteroatoms. The van der Waals surface area contributed by atoms with Gasteiger partial charge in [0.2, 0.25) is 0 Å². The smallest absolute Gasteiger partial charge is 0.122 e. The van der Waals surface area contributed by atoms with Gasteiger partial charge in [-0.3, -0.25) is 4.90 Å². The van der Waals surface area contributed by atoms with E-state index in [1.807, 2.05) is 42.2 Å². The van der Waals surface area contributed by atoms with E-state index in [9.17, 15) is 0 Å². The van der Waals surface area contributed by atoms with Gasteiger partial charge in [0.25, 0.3) is 0 Å². The van der Waals surface area contributed by atoms with Crippen LogP contribution in [0.5, 0.6) is 0 Å². The Morgan fingerprint density at radius 2 is 2.21 bits per heavy atom. The molecular weight excluding hydrogens is 256 g/mol. The molecule has 1 aromatic carbocycles. The molecule has 0 aliphatic rings. The van der Waals surface area contributed by atoms with Crippen molar-refractivity contribution in [2.24, 2.45) is 12.8 Å². The molecule has 0 radical (unpaired) electrons. The first-order valence-electron chi connectivity index (χ1n) is 6.10. The summed E-state index contributed by atoms with van der Waals surface area (Å²) >= 11 is 5.00. The van der Waals surface area contributed by atoms with Gasteiger partial charge in [-0.05, 0) is 18.7 Å². The minimum atomic E-state index is 0.439. The predicted molar refractivity (Wildman–Crippen MR) is 80.7 cm³/mol. The minimum Gasteiger partial charge on any atom is -0.389 e. The highest BCUT2D eigenvalue weighted by Crippen LogP contribution is 2.09. The predicted octanol–water partition coefficient (Wildman–Crippen LogP) is 1.69. The van der Waals surface area contributed by atoms with E-state index in [1.165, 1.54) is 5.56 Å². The third-order valence-electron chi connectivity index (χ3n) is 3.00. The number of thiocarbonyl (C=S) groups is 1. The fourth-order valence-electron chi connectivity index (χ4n) is 1.98. The van der Waals surface area contributed by atoms with Crippen LogP contribution in [0.15, 0.2) is 36.7 Å². The van der Waals surface area contributed by atoms with Crippen molar-refractivity contribution in [1.82, 2.24) is 14.5 Å². The summed E-state index contributed by atoms with van der Waals surface area (Å²) in [5, 5.41) is 0. The van der Waals surface area contributed by atoms with Gasteiger partial charge in [-0.15, -0.1) is 0 Å². The van der Waals surface area contributed by atoms with E-state index in [0.717, 1.165) is 24.5 Å². The summed E-state index contributed by atoms with van der Waals surface area (Å²) in [6, 6.07) is 8.04. The molecule has 4 nitrogen and oxygen atoms in total. The summed E-state index contributed by atoms with van der Waals surface area (Å²) in [6.45, 7) is 1.64. The fraction of sp³-hybridized carbons (Fsp3) is 0.286. The maximum absolute atomic E-state index is 5.65. The van der Waals surface area contributed by atoms with E-state index < -0.39 is 0 Å². The second-order valence-corrected chi connectivity index (χ2v) is 5.13. The largest absolute Gasteiger partial charge is 0.389 e. The molecule has 0 unspecified atom stereocenters. The topological polar surface area (TPSA) is 47.1 Å². The number of rotatable bonds is 5. The Balaban J connectivity index is 2.02. The van der Waals surface area contributed by atoms with Crippen LogP contribution >= 0.6 is 12.2 Å². The van der Waals surface area contributed by atoms with Crippen LogP contribution in [0.4, 0.5) is 0 Å². The number of aryl methyl sites for hydroxylation is 1. The quantitative estimate of drug-likeness (QED) is 0.843. The molecule has 0 aliphatic heterocycles. The summed E-state index contributed by atoms with van der Waals surface area (Å²) in [5.74, 6) is 1.05. The molecule has 0 saturated heterocycles. The van der Waals surface area contributed by atoms with E-state index in [2.05, 4.69) is 23.0 Å². The van der Waals surface area contributed by atoms with Gasteiger partial charge in [0.15, 0.2) is 0 Å². The van der Waals surface area contributed by atoms with E-state index >= 15 is 0 Å². The Bertz CT molecular complexity index is 576. The highest BCUT2D eigenvalue weighted by molar-refractivity contribution is 7.80. The van der Waals surface area contributed by atoms with Crippen molar-refractivity contribution in [3.8, 4) is 0 Å². The van der Waals surface area contributed by atoms with Crippen LogP contribution in [0.1, 0.15) is 17.0 Å². The van der Waals surface area contributed by atoms with Gasteiger partial charge in [-0.1, -0.05) is 30.4 Å². The van der Waals surface area contributed by atoms with Crippen LogP contribution in [-0.2, 0) is 20.1 Å². The van der Waals surface area contributed by atoms with Gasteiger partial charge in [-0.2, -0.15) is 0 Å². The first-order chi connectivity index (χ1) is 9.06. The van der Waals surface area contributed by atoms with Crippen LogP contribution in [0.3, 0.4) is 0 Å². The second kappa shape index (κ2) is 5.95. The summed E-state index contributed by atoms with van der Waals surface area (Å²) < 4.78 is 2.03. The molecule has 0 saturated carbocycles. The van der Waals surface area contributed by atoms with Crippen LogP contribution in [0.2, 0.25) is 0 Å². The minimum absolute atomic E-state index is 0.439. The molecule has 0 fully saturated rings. The lowest BCUT2D eigenvalue weighted by atomic mass is 10.1. The summed E-state index contributed by atoms with van der Waals surface area (Å²) in [5.41, 5.74) is 7.76. The zero-order valence-corrected chi connectivity index (χ0v) is 12.0. The van der Waals surface area contributed by atoms with Crippen LogP contribution in [0, 0.1) is 0 Å². The number of hydrogen-bond acceptors (Lipinski definition) is 3. The zero-order chi connectivity index (χ0) is 13.8. The molecule has 100 valence electrons. The van der Waals surface area contributed by atoms with Crippen molar-refractivity contribution in [2.75, 3.05) is 7.05 Å². The lowest BCUT2D eigenvalue weighted by molar-refractivity contribution is 0.307. The Morgan fingerprint density at radius 3 is 2.84 bits per heavy atom. The lowest BCUT2D eigenvalue weighted by Gasteiger charge is -2.16. The third-order valence-corrected chi connectivity index (χ3v) is 3.23. The molecule has 0 amide bonds. The molecule has 0 atom stereocenters. The molecular formula is C14H18N4S. The monoisotopic (exact) mass is 274 g/mol. The van der Waals surface area contributed by atoms with Gasteiger partial charge in [0, 0.05) is 31.5 Å². The van der Waals surface area contributed by atoms with E-state index in [0.29, 0.717) is 4.99 Å². The van der Waals surface area contributed by atoms with Crippen molar-refractivity contribution in [3.63, 3.8) is 0 Å². The molecule has 0 aliphatic carbocycles. The Labute approximate surface area is 118 Å². The van der Waals surface area contributed by atoms with Crippen molar-refractivity contribution >= 4 is 17.2 Å². The molecule has 2 rings (SSSR count).